The van der Waals surface area contributed by atoms with Crippen molar-refractivity contribution in [1.29, 1.82) is 0 Å². The number of esters is 1. The number of likely N-dealkylation sites (tertiary alicyclic amines) is 1. The van der Waals surface area contributed by atoms with Crippen molar-refractivity contribution in [2.45, 2.75) is 19.8 Å². The third-order valence-corrected chi connectivity index (χ3v) is 5.79. The second kappa shape index (κ2) is 9.85. The first-order chi connectivity index (χ1) is 16.0. The van der Waals surface area contributed by atoms with E-state index in [1.165, 1.54) is 12.1 Å². The third-order valence-electron chi connectivity index (χ3n) is 5.79. The molecule has 172 valence electrons. The van der Waals surface area contributed by atoms with E-state index in [2.05, 4.69) is 5.10 Å². The molecule has 1 aliphatic rings. The number of carbonyl (C=O) groups excluding carboxylic acids is 2. The third kappa shape index (κ3) is 4.89. The molecule has 0 radical (unpaired) electrons. The molecule has 2 aromatic carbocycles. The summed E-state index contributed by atoms with van der Waals surface area (Å²) < 4.78 is 25.4. The van der Waals surface area contributed by atoms with E-state index in [4.69, 9.17) is 9.47 Å². The highest BCUT2D eigenvalue weighted by Gasteiger charge is 2.30. The zero-order valence-corrected chi connectivity index (χ0v) is 18.7. The van der Waals surface area contributed by atoms with E-state index < -0.39 is 0 Å². The molecule has 2 heterocycles. The highest BCUT2D eigenvalue weighted by molar-refractivity contribution is 5.94. The number of hydrogen-bond acceptors (Lipinski definition) is 5. The molecule has 1 aliphatic heterocycles. The second-order valence-electron chi connectivity index (χ2n) is 7.85. The fourth-order valence-electron chi connectivity index (χ4n) is 3.96. The summed E-state index contributed by atoms with van der Waals surface area (Å²) >= 11 is 0. The number of halogens is 1. The number of carbonyl (C=O) groups is 2. The summed E-state index contributed by atoms with van der Waals surface area (Å²) in [5.41, 5.74) is 2.40. The normalized spacial score (nSPS) is 14.2. The first-order valence-electron chi connectivity index (χ1n) is 11.0. The van der Waals surface area contributed by atoms with Gasteiger partial charge in [0.1, 0.15) is 17.3 Å². The van der Waals surface area contributed by atoms with E-state index in [0.717, 1.165) is 11.3 Å². The molecule has 0 atom stereocenters. The van der Waals surface area contributed by atoms with Crippen LogP contribution in [0.25, 0.3) is 16.9 Å². The fourth-order valence-corrected chi connectivity index (χ4v) is 3.96. The quantitative estimate of drug-likeness (QED) is 0.528. The van der Waals surface area contributed by atoms with Crippen molar-refractivity contribution < 1.29 is 23.5 Å². The lowest BCUT2D eigenvalue weighted by atomic mass is 9.97. The molecule has 0 N–H and O–H groups in total. The molecule has 1 amide bonds. The summed E-state index contributed by atoms with van der Waals surface area (Å²) in [7, 11) is 1.60. The first kappa shape index (κ1) is 22.5. The van der Waals surface area contributed by atoms with E-state index in [-0.39, 0.29) is 23.6 Å². The lowest BCUT2D eigenvalue weighted by Crippen LogP contribution is -2.41. The Morgan fingerprint density at radius 3 is 2.33 bits per heavy atom. The predicted molar refractivity (Wildman–Crippen MR) is 121 cm³/mol. The number of nitrogens with zero attached hydrogens (tertiary/aromatic N) is 3. The lowest BCUT2D eigenvalue weighted by molar-refractivity contribution is -0.149. The van der Waals surface area contributed by atoms with Crippen LogP contribution in [0, 0.1) is 11.7 Å². The Bertz CT molecular complexity index is 1120. The van der Waals surface area contributed by atoms with Gasteiger partial charge in [-0.05, 0) is 74.4 Å². The van der Waals surface area contributed by atoms with E-state index in [9.17, 15) is 14.0 Å². The summed E-state index contributed by atoms with van der Waals surface area (Å²) in [4.78, 5) is 27.2. The van der Waals surface area contributed by atoms with Crippen molar-refractivity contribution in [3.8, 4) is 22.7 Å². The van der Waals surface area contributed by atoms with Gasteiger partial charge < -0.3 is 14.4 Å². The van der Waals surface area contributed by atoms with E-state index in [1.54, 1.807) is 41.8 Å². The Morgan fingerprint density at radius 1 is 1.06 bits per heavy atom. The van der Waals surface area contributed by atoms with Gasteiger partial charge in [0.15, 0.2) is 0 Å². The molecule has 0 aliphatic carbocycles. The van der Waals surface area contributed by atoms with E-state index in [0.29, 0.717) is 49.6 Å². The first-order valence-corrected chi connectivity index (χ1v) is 11.0. The van der Waals surface area contributed by atoms with E-state index in [1.807, 2.05) is 24.3 Å². The van der Waals surface area contributed by atoms with Crippen molar-refractivity contribution in [2.24, 2.45) is 5.92 Å². The smallest absolute Gasteiger partial charge is 0.309 e. The van der Waals surface area contributed by atoms with E-state index >= 15 is 0 Å². The minimum absolute atomic E-state index is 0.186. The molecule has 1 fully saturated rings. The molecule has 0 unspecified atom stereocenters. The minimum atomic E-state index is -0.366. The van der Waals surface area contributed by atoms with Gasteiger partial charge in [-0.3, -0.25) is 9.59 Å². The molecule has 0 saturated carbocycles. The van der Waals surface area contributed by atoms with Crippen molar-refractivity contribution >= 4 is 11.9 Å². The molecule has 1 saturated heterocycles. The summed E-state index contributed by atoms with van der Waals surface area (Å²) in [5.74, 6) is -0.227. The van der Waals surface area contributed by atoms with Gasteiger partial charge in [0, 0.05) is 18.7 Å². The molecule has 0 spiro atoms. The Morgan fingerprint density at radius 2 is 1.73 bits per heavy atom. The molecule has 8 heteroatoms. The number of methoxy groups -OCH3 is 1. The van der Waals surface area contributed by atoms with Gasteiger partial charge in [-0.15, -0.1) is 0 Å². The molecule has 0 bridgehead atoms. The van der Waals surface area contributed by atoms with Crippen LogP contribution in [0.2, 0.25) is 0 Å². The highest BCUT2D eigenvalue weighted by Crippen LogP contribution is 2.26. The van der Waals surface area contributed by atoms with Crippen LogP contribution in [-0.2, 0) is 9.53 Å². The molecular formula is C25H26FN3O4. The number of benzene rings is 2. The number of aromatic nitrogens is 2. The van der Waals surface area contributed by atoms with Crippen LogP contribution in [0.15, 0.2) is 54.6 Å². The van der Waals surface area contributed by atoms with Crippen LogP contribution in [0.1, 0.15) is 30.3 Å². The average Bonchev–Trinajstić information content (AvgIpc) is 3.30. The van der Waals surface area contributed by atoms with Crippen LogP contribution < -0.4 is 4.74 Å². The molecule has 4 rings (SSSR count). The fraction of sp³-hybridized carbons (Fsp3) is 0.320. The van der Waals surface area contributed by atoms with Crippen LogP contribution in [0.5, 0.6) is 5.75 Å². The van der Waals surface area contributed by atoms with Crippen molar-refractivity contribution in [3.05, 3.63) is 66.1 Å². The largest absolute Gasteiger partial charge is 0.497 e. The number of piperidine rings is 1. The Hall–Kier alpha value is -3.68. The van der Waals surface area contributed by atoms with Crippen molar-refractivity contribution in [1.82, 2.24) is 14.7 Å². The minimum Gasteiger partial charge on any atom is -0.497 e. The zero-order valence-electron chi connectivity index (χ0n) is 18.7. The average molecular weight is 451 g/mol. The van der Waals surface area contributed by atoms with Crippen LogP contribution in [0.3, 0.4) is 0 Å². The number of rotatable bonds is 6. The molecule has 1 aromatic heterocycles. The van der Waals surface area contributed by atoms with Crippen LogP contribution in [0.4, 0.5) is 4.39 Å². The van der Waals surface area contributed by atoms with Gasteiger partial charge >= 0.3 is 5.97 Å². The molecule has 33 heavy (non-hydrogen) atoms. The maximum Gasteiger partial charge on any atom is 0.309 e. The van der Waals surface area contributed by atoms with Crippen LogP contribution in [-0.4, -0.2) is 53.4 Å². The topological polar surface area (TPSA) is 73.7 Å². The van der Waals surface area contributed by atoms with Crippen LogP contribution >= 0.6 is 0 Å². The number of ether oxygens (including phenoxy) is 2. The maximum atomic E-state index is 13.5. The summed E-state index contributed by atoms with van der Waals surface area (Å²) in [6.07, 6.45) is 1.11. The molecule has 3 aromatic rings. The van der Waals surface area contributed by atoms with Crippen molar-refractivity contribution in [2.75, 3.05) is 26.8 Å². The summed E-state index contributed by atoms with van der Waals surface area (Å²) in [6.45, 7) is 3.04. The predicted octanol–water partition coefficient (Wildman–Crippen LogP) is 4.10. The van der Waals surface area contributed by atoms with Crippen molar-refractivity contribution in [3.63, 3.8) is 0 Å². The van der Waals surface area contributed by atoms with Gasteiger partial charge in [-0.1, -0.05) is 0 Å². The molecular weight excluding hydrogens is 425 g/mol. The summed E-state index contributed by atoms with van der Waals surface area (Å²) in [5, 5.41) is 4.65. The van der Waals surface area contributed by atoms with Gasteiger partial charge in [0.25, 0.3) is 5.91 Å². The Labute approximate surface area is 191 Å². The van der Waals surface area contributed by atoms with Gasteiger partial charge in [0.05, 0.1) is 31.0 Å². The highest BCUT2D eigenvalue weighted by atomic mass is 19.1. The Balaban J connectivity index is 1.63. The zero-order chi connectivity index (χ0) is 23.4. The number of hydrogen-bond donors (Lipinski definition) is 0. The van der Waals surface area contributed by atoms with Gasteiger partial charge in [-0.25, -0.2) is 9.07 Å². The lowest BCUT2D eigenvalue weighted by Gasteiger charge is -2.30. The monoisotopic (exact) mass is 451 g/mol. The van der Waals surface area contributed by atoms with Gasteiger partial charge in [-0.2, -0.15) is 5.10 Å². The van der Waals surface area contributed by atoms with Gasteiger partial charge in [0.2, 0.25) is 0 Å². The second-order valence-corrected chi connectivity index (χ2v) is 7.85. The Kier molecular flexibility index (Phi) is 6.72. The SMILES string of the molecule is CCOC(=O)C1CCN(C(=O)c2cc(-c3ccc(OC)cc3)nn2-c2ccc(F)cc2)CC1. The molecule has 7 nitrogen and oxygen atoms in total. The summed E-state index contributed by atoms with van der Waals surface area (Å²) in [6, 6.07) is 15.0. The number of amides is 1. The maximum absolute atomic E-state index is 13.5. The standard InChI is InChI=1S/C25H26FN3O4/c1-3-33-25(31)18-12-14-28(15-13-18)24(30)23-16-22(17-4-10-21(32-2)11-5-17)27-29(23)20-8-6-19(26)7-9-20/h4-11,16,18H,3,12-15H2,1-2H3.